The maximum atomic E-state index is 14.0. The van der Waals surface area contributed by atoms with Gasteiger partial charge in [-0.2, -0.15) is 5.26 Å². The van der Waals surface area contributed by atoms with Gasteiger partial charge in [0.05, 0.1) is 12.4 Å². The minimum absolute atomic E-state index is 0.130. The standard InChI is InChI=1S/C19H27FN2O3S/c1-3-26(23,24)19-5-4-17(13-18(19)20)25-11-8-15(2)12-16-6-9-22(14-21)10-7-16/h4-5,13,15-16H,3,6-12H2,1-2H3. The van der Waals surface area contributed by atoms with Crippen LogP contribution in [0.4, 0.5) is 4.39 Å². The van der Waals surface area contributed by atoms with Gasteiger partial charge in [0.2, 0.25) is 0 Å². The summed E-state index contributed by atoms with van der Waals surface area (Å²) in [4.78, 5) is 1.53. The monoisotopic (exact) mass is 382 g/mol. The van der Waals surface area contributed by atoms with Crippen molar-refractivity contribution in [3.05, 3.63) is 24.0 Å². The van der Waals surface area contributed by atoms with E-state index in [1.54, 1.807) is 4.90 Å². The molecule has 0 spiro atoms. The molecule has 0 N–H and O–H groups in total. The molecule has 1 fully saturated rings. The number of sulfone groups is 1. The Morgan fingerprint density at radius 2 is 2.08 bits per heavy atom. The van der Waals surface area contributed by atoms with E-state index in [-0.39, 0.29) is 10.6 Å². The maximum absolute atomic E-state index is 14.0. The number of likely N-dealkylation sites (tertiary alicyclic amines) is 1. The summed E-state index contributed by atoms with van der Waals surface area (Å²) < 4.78 is 43.1. The molecule has 144 valence electrons. The van der Waals surface area contributed by atoms with E-state index in [1.165, 1.54) is 19.1 Å². The molecular weight excluding hydrogens is 355 g/mol. The lowest BCUT2D eigenvalue weighted by Gasteiger charge is -2.29. The highest BCUT2D eigenvalue weighted by atomic mass is 32.2. The number of hydrogen-bond acceptors (Lipinski definition) is 5. The number of nitrogens with zero attached hydrogens (tertiary/aromatic N) is 2. The molecule has 0 aliphatic carbocycles. The third-order valence-corrected chi connectivity index (χ3v) is 6.75. The largest absolute Gasteiger partial charge is 0.493 e. The fraction of sp³-hybridized carbons (Fsp3) is 0.632. The minimum atomic E-state index is -3.56. The molecular formula is C19H27FN2O3S. The fourth-order valence-electron chi connectivity index (χ4n) is 3.31. The van der Waals surface area contributed by atoms with Crippen LogP contribution in [0, 0.1) is 29.1 Å². The maximum Gasteiger partial charge on any atom is 0.181 e. The summed E-state index contributed by atoms with van der Waals surface area (Å²) in [7, 11) is -3.56. The summed E-state index contributed by atoms with van der Waals surface area (Å²) in [5, 5.41) is 8.88. The molecule has 26 heavy (non-hydrogen) atoms. The number of hydrogen-bond donors (Lipinski definition) is 0. The van der Waals surface area contributed by atoms with Crippen LogP contribution >= 0.6 is 0 Å². The number of nitriles is 1. The first-order chi connectivity index (χ1) is 12.4. The lowest BCUT2D eigenvalue weighted by atomic mass is 9.87. The summed E-state index contributed by atoms with van der Waals surface area (Å²) >= 11 is 0. The summed E-state index contributed by atoms with van der Waals surface area (Å²) in [6, 6.07) is 3.93. The van der Waals surface area contributed by atoms with E-state index in [1.807, 2.05) is 0 Å². The first kappa shape index (κ1) is 20.5. The number of halogens is 1. The van der Waals surface area contributed by atoms with Crippen LogP contribution < -0.4 is 4.74 Å². The van der Waals surface area contributed by atoms with Crippen molar-refractivity contribution in [2.24, 2.45) is 11.8 Å². The molecule has 5 nitrogen and oxygen atoms in total. The number of ether oxygens (including phenoxy) is 1. The second kappa shape index (κ2) is 9.22. The van der Waals surface area contributed by atoms with Gasteiger partial charge in [0.15, 0.2) is 16.0 Å². The van der Waals surface area contributed by atoms with Crippen LogP contribution in [0.3, 0.4) is 0 Å². The van der Waals surface area contributed by atoms with Gasteiger partial charge in [-0.15, -0.1) is 0 Å². The van der Waals surface area contributed by atoms with Gasteiger partial charge in [-0.05, 0) is 49.7 Å². The fourth-order valence-corrected chi connectivity index (χ4v) is 4.26. The Morgan fingerprint density at radius 3 is 2.65 bits per heavy atom. The van der Waals surface area contributed by atoms with E-state index in [9.17, 15) is 12.8 Å². The highest BCUT2D eigenvalue weighted by Gasteiger charge is 2.20. The van der Waals surface area contributed by atoms with Crippen molar-refractivity contribution in [3.63, 3.8) is 0 Å². The lowest BCUT2D eigenvalue weighted by Crippen LogP contribution is -2.30. The molecule has 1 aliphatic rings. The Morgan fingerprint density at radius 1 is 1.38 bits per heavy atom. The van der Waals surface area contributed by atoms with Gasteiger partial charge in [-0.3, -0.25) is 0 Å². The molecule has 0 amide bonds. The second-order valence-corrected chi connectivity index (χ2v) is 9.25. The van der Waals surface area contributed by atoms with E-state index >= 15 is 0 Å². The molecule has 2 rings (SSSR count). The highest BCUT2D eigenvalue weighted by molar-refractivity contribution is 7.91. The van der Waals surface area contributed by atoms with Crippen molar-refractivity contribution < 1.29 is 17.5 Å². The Kier molecular flexibility index (Phi) is 7.27. The predicted molar refractivity (Wildman–Crippen MR) is 97.9 cm³/mol. The highest BCUT2D eigenvalue weighted by Crippen LogP contribution is 2.26. The smallest absolute Gasteiger partial charge is 0.181 e. The van der Waals surface area contributed by atoms with Crippen molar-refractivity contribution >= 4 is 9.84 Å². The average Bonchev–Trinajstić information content (AvgIpc) is 2.62. The van der Waals surface area contributed by atoms with Crippen LogP contribution in [0.25, 0.3) is 0 Å². The van der Waals surface area contributed by atoms with Gasteiger partial charge in [-0.25, -0.2) is 12.8 Å². The van der Waals surface area contributed by atoms with Gasteiger partial charge in [0.1, 0.15) is 16.5 Å². The molecule has 0 radical (unpaired) electrons. The van der Waals surface area contributed by atoms with Crippen LogP contribution in [0.2, 0.25) is 0 Å². The SMILES string of the molecule is CCS(=O)(=O)c1ccc(OCCC(C)CC2CCN(C#N)CC2)cc1F. The zero-order chi connectivity index (χ0) is 19.2. The summed E-state index contributed by atoms with van der Waals surface area (Å²) in [6.07, 6.45) is 6.26. The number of benzene rings is 1. The van der Waals surface area contributed by atoms with E-state index in [2.05, 4.69) is 13.1 Å². The Labute approximate surface area is 155 Å². The van der Waals surface area contributed by atoms with Gasteiger partial charge >= 0.3 is 0 Å². The number of piperidine rings is 1. The third-order valence-electron chi connectivity index (χ3n) is 4.99. The normalized spacial score (nSPS) is 16.9. The van der Waals surface area contributed by atoms with E-state index in [0.29, 0.717) is 24.2 Å². The van der Waals surface area contributed by atoms with Crippen molar-refractivity contribution in [2.45, 2.75) is 44.4 Å². The molecule has 1 aromatic rings. The molecule has 1 atom stereocenters. The van der Waals surface area contributed by atoms with E-state index in [4.69, 9.17) is 10.00 Å². The van der Waals surface area contributed by atoms with E-state index < -0.39 is 15.7 Å². The second-order valence-electron chi connectivity index (χ2n) is 7.00. The van der Waals surface area contributed by atoms with Gasteiger partial charge in [0.25, 0.3) is 0 Å². The molecule has 7 heteroatoms. The van der Waals surface area contributed by atoms with Crippen molar-refractivity contribution in [1.82, 2.24) is 4.90 Å². The molecule has 1 aromatic carbocycles. The zero-order valence-corrected chi connectivity index (χ0v) is 16.3. The first-order valence-corrected chi connectivity index (χ1v) is 10.8. The topological polar surface area (TPSA) is 70.4 Å². The molecule has 1 unspecified atom stereocenters. The first-order valence-electron chi connectivity index (χ1n) is 9.15. The Bertz CT molecular complexity index is 738. The molecule has 1 heterocycles. The molecule has 1 aliphatic heterocycles. The van der Waals surface area contributed by atoms with Crippen molar-refractivity contribution in [1.29, 1.82) is 5.26 Å². The summed E-state index contributed by atoms with van der Waals surface area (Å²) in [6.45, 7) is 5.83. The number of rotatable bonds is 8. The van der Waals surface area contributed by atoms with Gasteiger partial charge < -0.3 is 9.64 Å². The van der Waals surface area contributed by atoms with Gasteiger partial charge in [-0.1, -0.05) is 13.8 Å². The van der Waals surface area contributed by atoms with Crippen LogP contribution in [0.15, 0.2) is 23.1 Å². The molecule has 0 saturated carbocycles. The van der Waals surface area contributed by atoms with Crippen LogP contribution in [-0.4, -0.2) is 38.8 Å². The lowest BCUT2D eigenvalue weighted by molar-refractivity contribution is 0.207. The van der Waals surface area contributed by atoms with Crippen LogP contribution in [-0.2, 0) is 9.84 Å². The molecule has 0 bridgehead atoms. The molecule has 0 aromatic heterocycles. The van der Waals surface area contributed by atoms with Crippen molar-refractivity contribution in [3.8, 4) is 11.9 Å². The minimum Gasteiger partial charge on any atom is -0.493 e. The van der Waals surface area contributed by atoms with Crippen molar-refractivity contribution in [2.75, 3.05) is 25.4 Å². The molecule has 1 saturated heterocycles. The van der Waals surface area contributed by atoms with Crippen LogP contribution in [0.5, 0.6) is 5.75 Å². The van der Waals surface area contributed by atoms with Gasteiger partial charge in [0, 0.05) is 19.2 Å². The summed E-state index contributed by atoms with van der Waals surface area (Å²) in [5.74, 6) is 0.590. The predicted octanol–water partition coefficient (Wildman–Crippen LogP) is 3.61. The third kappa shape index (κ3) is 5.60. The van der Waals surface area contributed by atoms with E-state index in [0.717, 1.165) is 44.8 Å². The zero-order valence-electron chi connectivity index (χ0n) is 15.4. The Balaban J connectivity index is 1.77. The Hall–Kier alpha value is -1.81. The average molecular weight is 383 g/mol. The quantitative estimate of drug-likeness (QED) is 0.643. The van der Waals surface area contributed by atoms with Crippen LogP contribution in [0.1, 0.15) is 39.5 Å². The summed E-state index contributed by atoms with van der Waals surface area (Å²) in [5.41, 5.74) is 0.